The summed E-state index contributed by atoms with van der Waals surface area (Å²) < 4.78 is 13.3. The second kappa shape index (κ2) is 6.82. The lowest BCUT2D eigenvalue weighted by Crippen LogP contribution is -2.40. The number of aryl methyl sites for hydroxylation is 3. The van der Waals surface area contributed by atoms with Gasteiger partial charge in [-0.3, -0.25) is 9.48 Å². The first kappa shape index (κ1) is 18.3. The van der Waals surface area contributed by atoms with Crippen molar-refractivity contribution in [2.24, 2.45) is 0 Å². The van der Waals surface area contributed by atoms with Crippen LogP contribution in [0, 0.1) is 27.7 Å². The monoisotopic (exact) mass is 381 g/mol. The van der Waals surface area contributed by atoms with Crippen LogP contribution in [0.3, 0.4) is 0 Å². The molecular formula is C21H23N3O4. The van der Waals surface area contributed by atoms with E-state index in [1.54, 1.807) is 11.8 Å². The Balaban J connectivity index is 1.57. The van der Waals surface area contributed by atoms with E-state index in [2.05, 4.69) is 5.10 Å². The predicted octanol–water partition coefficient (Wildman–Crippen LogP) is 2.64. The van der Waals surface area contributed by atoms with E-state index >= 15 is 0 Å². The fraction of sp³-hybridized carbons (Fsp3) is 0.381. The Kier molecular flexibility index (Phi) is 4.45. The van der Waals surface area contributed by atoms with Crippen LogP contribution in [0.4, 0.5) is 0 Å². The van der Waals surface area contributed by atoms with E-state index < -0.39 is 0 Å². The van der Waals surface area contributed by atoms with E-state index in [1.807, 2.05) is 43.7 Å². The van der Waals surface area contributed by atoms with Gasteiger partial charge in [0, 0.05) is 12.1 Å². The van der Waals surface area contributed by atoms with Crippen molar-refractivity contribution in [1.82, 2.24) is 14.7 Å². The Morgan fingerprint density at radius 3 is 2.71 bits per heavy atom. The maximum absolute atomic E-state index is 12.7. The van der Waals surface area contributed by atoms with Gasteiger partial charge in [-0.1, -0.05) is 0 Å². The number of amides is 1. The summed E-state index contributed by atoms with van der Waals surface area (Å²) in [4.78, 5) is 26.5. The smallest absolute Gasteiger partial charge is 0.339 e. The summed E-state index contributed by atoms with van der Waals surface area (Å²) in [6.45, 7) is 9.21. The van der Waals surface area contributed by atoms with E-state index in [9.17, 15) is 9.59 Å². The lowest BCUT2D eigenvalue weighted by molar-refractivity contribution is -0.134. The van der Waals surface area contributed by atoms with Gasteiger partial charge in [0.1, 0.15) is 11.3 Å². The molecule has 0 spiro atoms. The highest BCUT2D eigenvalue weighted by Crippen LogP contribution is 2.31. The zero-order valence-electron chi connectivity index (χ0n) is 16.5. The van der Waals surface area contributed by atoms with Gasteiger partial charge in [-0.2, -0.15) is 5.10 Å². The van der Waals surface area contributed by atoms with Gasteiger partial charge in [0.15, 0.2) is 6.61 Å². The summed E-state index contributed by atoms with van der Waals surface area (Å²) in [5, 5.41) is 5.16. The molecule has 0 saturated carbocycles. The molecule has 0 fully saturated rings. The first-order valence-electron chi connectivity index (χ1n) is 9.32. The van der Waals surface area contributed by atoms with Crippen molar-refractivity contribution in [2.45, 2.75) is 40.8 Å². The molecule has 146 valence electrons. The van der Waals surface area contributed by atoms with Gasteiger partial charge in [0.05, 0.1) is 29.9 Å². The molecule has 1 amide bonds. The van der Waals surface area contributed by atoms with E-state index in [0.717, 1.165) is 27.9 Å². The zero-order valence-corrected chi connectivity index (χ0v) is 16.5. The highest BCUT2D eigenvalue weighted by Gasteiger charge is 2.22. The van der Waals surface area contributed by atoms with Crippen LogP contribution < -0.4 is 10.4 Å². The molecule has 7 heteroatoms. The van der Waals surface area contributed by atoms with Gasteiger partial charge in [-0.05, 0) is 57.0 Å². The Hall–Kier alpha value is -3.09. The standard InChI is InChI=1S/C21H23N3O4/c1-12-7-17(20-14(3)15(4)21(26)28-18(20)8-12)27-11-19(25)23-5-6-24-16(10-23)9-13(2)22-24/h7-9H,5-6,10-11H2,1-4H3. The minimum atomic E-state index is -0.349. The number of rotatable bonds is 3. The summed E-state index contributed by atoms with van der Waals surface area (Å²) >= 11 is 0. The largest absolute Gasteiger partial charge is 0.483 e. The molecule has 2 aromatic heterocycles. The first-order valence-corrected chi connectivity index (χ1v) is 9.32. The van der Waals surface area contributed by atoms with Crippen molar-refractivity contribution in [3.8, 4) is 5.75 Å². The second-order valence-electron chi connectivity index (χ2n) is 7.38. The van der Waals surface area contributed by atoms with Gasteiger partial charge >= 0.3 is 5.63 Å². The van der Waals surface area contributed by atoms with Crippen LogP contribution in [-0.2, 0) is 17.9 Å². The van der Waals surface area contributed by atoms with Crippen molar-refractivity contribution >= 4 is 16.9 Å². The minimum absolute atomic E-state index is 0.0662. The summed E-state index contributed by atoms with van der Waals surface area (Å²) in [6.07, 6.45) is 0. The molecule has 1 aromatic carbocycles. The number of aromatic nitrogens is 2. The Morgan fingerprint density at radius 2 is 1.93 bits per heavy atom. The molecule has 1 aliphatic rings. The van der Waals surface area contributed by atoms with Crippen LogP contribution in [0.5, 0.6) is 5.75 Å². The summed E-state index contributed by atoms with van der Waals surface area (Å²) in [5.74, 6) is 0.483. The van der Waals surface area contributed by atoms with Crippen molar-refractivity contribution in [3.63, 3.8) is 0 Å². The number of ether oxygens (including phenoxy) is 1. The zero-order chi connectivity index (χ0) is 20.0. The number of carbonyl (C=O) groups excluding carboxylic acids is 1. The van der Waals surface area contributed by atoms with Crippen molar-refractivity contribution < 1.29 is 13.9 Å². The normalized spacial score (nSPS) is 13.6. The minimum Gasteiger partial charge on any atom is -0.483 e. The average molecular weight is 381 g/mol. The Morgan fingerprint density at radius 1 is 1.14 bits per heavy atom. The number of benzene rings is 1. The number of fused-ring (bicyclic) bond motifs is 2. The number of hydrogen-bond donors (Lipinski definition) is 0. The van der Waals surface area contributed by atoms with Crippen LogP contribution in [0.15, 0.2) is 27.4 Å². The first-order chi connectivity index (χ1) is 13.3. The quantitative estimate of drug-likeness (QED) is 0.652. The van der Waals surface area contributed by atoms with Crippen LogP contribution in [-0.4, -0.2) is 33.7 Å². The molecule has 0 radical (unpaired) electrons. The molecule has 0 atom stereocenters. The lowest BCUT2D eigenvalue weighted by Gasteiger charge is -2.27. The average Bonchev–Trinajstić information content (AvgIpc) is 3.02. The molecular weight excluding hydrogens is 358 g/mol. The van der Waals surface area contributed by atoms with E-state index in [-0.39, 0.29) is 18.1 Å². The molecule has 0 saturated heterocycles. The van der Waals surface area contributed by atoms with Crippen molar-refractivity contribution in [1.29, 1.82) is 0 Å². The fourth-order valence-electron chi connectivity index (χ4n) is 3.66. The Bertz CT molecular complexity index is 1140. The third-order valence-corrected chi connectivity index (χ3v) is 5.28. The summed E-state index contributed by atoms with van der Waals surface area (Å²) in [5.41, 5.74) is 4.38. The second-order valence-corrected chi connectivity index (χ2v) is 7.38. The van der Waals surface area contributed by atoms with Gasteiger partial charge in [-0.15, -0.1) is 0 Å². The molecule has 1 aliphatic heterocycles. The maximum Gasteiger partial charge on any atom is 0.339 e. The van der Waals surface area contributed by atoms with Gasteiger partial charge in [0.2, 0.25) is 0 Å². The maximum atomic E-state index is 12.7. The van der Waals surface area contributed by atoms with Gasteiger partial charge in [0.25, 0.3) is 5.91 Å². The highest BCUT2D eigenvalue weighted by atomic mass is 16.5. The van der Waals surface area contributed by atoms with Crippen LogP contribution >= 0.6 is 0 Å². The Labute approximate surface area is 162 Å². The fourth-order valence-corrected chi connectivity index (χ4v) is 3.66. The van der Waals surface area contributed by atoms with Gasteiger partial charge < -0.3 is 14.1 Å². The SMILES string of the molecule is Cc1cc(OCC(=O)N2CCn3nc(C)cc3C2)c2c(C)c(C)c(=O)oc2c1. The summed E-state index contributed by atoms with van der Waals surface area (Å²) in [7, 11) is 0. The van der Waals surface area contributed by atoms with E-state index in [1.165, 1.54) is 0 Å². The topological polar surface area (TPSA) is 77.6 Å². The highest BCUT2D eigenvalue weighted by molar-refractivity contribution is 5.88. The van der Waals surface area contributed by atoms with Crippen molar-refractivity contribution in [3.05, 3.63) is 56.7 Å². The third kappa shape index (κ3) is 3.17. The molecule has 0 unspecified atom stereocenters. The van der Waals surface area contributed by atoms with E-state index in [4.69, 9.17) is 9.15 Å². The van der Waals surface area contributed by atoms with Crippen LogP contribution in [0.2, 0.25) is 0 Å². The molecule has 0 bridgehead atoms. The third-order valence-electron chi connectivity index (χ3n) is 5.28. The molecule has 28 heavy (non-hydrogen) atoms. The molecule has 0 aliphatic carbocycles. The molecule has 3 heterocycles. The number of nitrogens with zero attached hydrogens (tertiary/aromatic N) is 3. The van der Waals surface area contributed by atoms with Crippen LogP contribution in [0.25, 0.3) is 11.0 Å². The molecule has 3 aromatic rings. The number of carbonyl (C=O) groups is 1. The van der Waals surface area contributed by atoms with Crippen molar-refractivity contribution in [2.75, 3.05) is 13.2 Å². The lowest BCUT2D eigenvalue weighted by atomic mass is 10.0. The molecule has 7 nitrogen and oxygen atoms in total. The molecule has 0 N–H and O–H groups in total. The summed E-state index contributed by atoms with van der Waals surface area (Å²) in [6, 6.07) is 5.69. The van der Waals surface area contributed by atoms with E-state index in [0.29, 0.717) is 36.5 Å². The van der Waals surface area contributed by atoms with Crippen LogP contribution in [0.1, 0.15) is 28.1 Å². The molecule has 4 rings (SSSR count). The predicted molar refractivity (Wildman–Crippen MR) is 105 cm³/mol. The van der Waals surface area contributed by atoms with Gasteiger partial charge in [-0.25, -0.2) is 4.79 Å². The number of hydrogen-bond acceptors (Lipinski definition) is 5.